The number of aliphatic hydroxyl groups excluding tert-OH is 1. The summed E-state index contributed by atoms with van der Waals surface area (Å²) in [4.78, 5) is 202. The van der Waals surface area contributed by atoms with E-state index in [2.05, 4.69) is 63.8 Å². The van der Waals surface area contributed by atoms with Crippen molar-refractivity contribution in [2.45, 2.75) is 254 Å². The Morgan fingerprint density at radius 3 is 1.71 bits per heavy atom. The molecule has 0 aromatic heterocycles. The van der Waals surface area contributed by atoms with Crippen LogP contribution in [0.3, 0.4) is 0 Å². The fraction of sp³-hybridized carbons (Fsp3) is 0.649. The van der Waals surface area contributed by atoms with Crippen molar-refractivity contribution in [3.05, 3.63) is 72.0 Å². The predicted octanol–water partition coefficient (Wildman–Crippen LogP) is 1.14. The molecule has 3 rings (SSSR count). The summed E-state index contributed by atoms with van der Waals surface area (Å²) in [6.45, 7) is 29.3. The Labute approximate surface area is 612 Å². The average Bonchev–Trinajstić information content (AvgIpc) is 1.47. The fourth-order valence-corrected chi connectivity index (χ4v) is 11.7. The van der Waals surface area contributed by atoms with Crippen molar-refractivity contribution in [3.8, 4) is 0 Å². The molecule has 2 fully saturated rings. The van der Waals surface area contributed by atoms with Gasteiger partial charge in [0.05, 0.1) is 6.10 Å². The van der Waals surface area contributed by atoms with Gasteiger partial charge >= 0.3 is 5.97 Å². The zero-order chi connectivity index (χ0) is 78.6. The summed E-state index contributed by atoms with van der Waals surface area (Å²) in [6.07, 6.45) is 5.41. The Bertz CT molecular complexity index is 3230. The van der Waals surface area contributed by atoms with Gasteiger partial charge in [-0.2, -0.15) is 0 Å². The summed E-state index contributed by atoms with van der Waals surface area (Å²) in [5, 5.41) is 42.9. The third-order valence-electron chi connectivity index (χ3n) is 18.6. The minimum Gasteiger partial charge on any atom is -0.458 e. The summed E-state index contributed by atoms with van der Waals surface area (Å²) < 4.78 is 5.96. The summed E-state index contributed by atoms with van der Waals surface area (Å²) in [7, 11) is 0. The van der Waals surface area contributed by atoms with Crippen LogP contribution < -0.4 is 69.5 Å². The number of carbonyl (C=O) groups is 14. The van der Waals surface area contributed by atoms with E-state index >= 15 is 9.59 Å². The molecule has 15 N–H and O–H groups in total. The van der Waals surface area contributed by atoms with Crippen molar-refractivity contribution in [2.75, 3.05) is 13.1 Å². The minimum absolute atomic E-state index is 0.0368. The molecule has 13 amide bonds. The molecule has 30 heteroatoms. The lowest BCUT2D eigenvalue weighted by Crippen LogP contribution is -2.64. The number of amides is 13. The SMILES string of the molecule is C/C=C1\NC(=O)[C@H](Cc2ccccc2)NC(=O)[C@@H](C(C)C)NC(=O)[C@@H]([C@H](C)CC)NC(=O)[C@H](NC(=O)[C@H](NC(=O)[C@H](CCCN)NC(=O)[C@H]2CCCN2C(=O)[C@H](NC(=O)[C@@H](NC(=O)[C@@H](NC(=O)[C@H](NC(=O)/C=C/C=C/C)C(C)C)[C@@H](C)O)C(C)C)C(C)C)[C@H](C)CC)[C@H](C)OC(=O)[C@H](C(C)C)NC1=O. The van der Waals surface area contributed by atoms with Crippen molar-refractivity contribution in [3.63, 3.8) is 0 Å². The van der Waals surface area contributed by atoms with E-state index in [9.17, 15) is 62.6 Å². The molecule has 0 radical (unpaired) electrons. The molecule has 580 valence electrons. The van der Waals surface area contributed by atoms with Crippen molar-refractivity contribution in [1.29, 1.82) is 0 Å². The largest absolute Gasteiger partial charge is 0.458 e. The van der Waals surface area contributed by atoms with Crippen LogP contribution in [0.1, 0.15) is 169 Å². The molecule has 0 bridgehead atoms. The first-order valence-electron chi connectivity index (χ1n) is 36.4. The van der Waals surface area contributed by atoms with Crippen LogP contribution in [0.2, 0.25) is 0 Å². The first-order valence-corrected chi connectivity index (χ1v) is 36.4. The minimum atomic E-state index is -1.83. The Morgan fingerprint density at radius 2 is 1.17 bits per heavy atom. The highest BCUT2D eigenvalue weighted by Crippen LogP contribution is 2.23. The molecule has 16 atom stereocenters. The van der Waals surface area contributed by atoms with Crippen LogP contribution in [0.15, 0.2) is 66.4 Å². The van der Waals surface area contributed by atoms with Gasteiger partial charge in [0.25, 0.3) is 5.91 Å². The van der Waals surface area contributed by atoms with E-state index in [0.717, 1.165) is 0 Å². The number of hydrogen-bond acceptors (Lipinski definition) is 17. The van der Waals surface area contributed by atoms with E-state index in [4.69, 9.17) is 10.5 Å². The van der Waals surface area contributed by atoms with Crippen LogP contribution in [0.25, 0.3) is 0 Å². The molecule has 2 aliphatic rings. The molecule has 104 heavy (non-hydrogen) atoms. The number of hydrogen-bond donors (Lipinski definition) is 14. The zero-order valence-corrected chi connectivity index (χ0v) is 63.9. The van der Waals surface area contributed by atoms with E-state index in [1.807, 2.05) is 0 Å². The van der Waals surface area contributed by atoms with Gasteiger partial charge in [0, 0.05) is 19.0 Å². The van der Waals surface area contributed by atoms with Crippen LogP contribution in [-0.4, -0.2) is 191 Å². The smallest absolute Gasteiger partial charge is 0.329 e. The van der Waals surface area contributed by atoms with Crippen LogP contribution in [0.4, 0.5) is 0 Å². The first kappa shape index (κ1) is 89.2. The molecule has 0 saturated carbocycles. The van der Waals surface area contributed by atoms with Crippen molar-refractivity contribution >= 4 is 82.8 Å². The van der Waals surface area contributed by atoms with Crippen molar-refractivity contribution in [2.24, 2.45) is 47.2 Å². The van der Waals surface area contributed by atoms with Crippen molar-refractivity contribution in [1.82, 2.24) is 68.7 Å². The number of aliphatic hydroxyl groups is 1. The quantitative estimate of drug-likeness (QED) is 0.0282. The highest BCUT2D eigenvalue weighted by molar-refractivity contribution is 6.03. The normalized spacial score (nSPS) is 22.8. The third-order valence-corrected chi connectivity index (χ3v) is 18.6. The topological polar surface area (TPSA) is 442 Å². The molecule has 30 nitrogen and oxygen atoms in total. The number of ether oxygens (including phenoxy) is 1. The maximum Gasteiger partial charge on any atom is 0.329 e. The van der Waals surface area contributed by atoms with E-state index in [-0.39, 0.29) is 50.9 Å². The summed E-state index contributed by atoms with van der Waals surface area (Å²) in [6, 6.07) is -7.81. The third kappa shape index (κ3) is 26.6. The first-order chi connectivity index (χ1) is 48.9. The van der Waals surface area contributed by atoms with Gasteiger partial charge in [-0.3, -0.25) is 62.3 Å². The van der Waals surface area contributed by atoms with Gasteiger partial charge in [0.2, 0.25) is 70.9 Å². The molecule has 1 aromatic carbocycles. The van der Waals surface area contributed by atoms with E-state index in [1.54, 1.807) is 146 Å². The molecule has 0 unspecified atom stereocenters. The Morgan fingerprint density at radius 1 is 0.625 bits per heavy atom. The Hall–Kier alpha value is -9.06. The molecule has 2 saturated heterocycles. The van der Waals surface area contributed by atoms with E-state index in [1.165, 1.54) is 43.9 Å². The number of benzene rings is 1. The number of nitrogens with two attached hydrogens (primary N) is 1. The van der Waals surface area contributed by atoms with Crippen LogP contribution >= 0.6 is 0 Å². The predicted molar refractivity (Wildman–Crippen MR) is 391 cm³/mol. The van der Waals surface area contributed by atoms with Gasteiger partial charge in [0.1, 0.15) is 84.3 Å². The number of esters is 1. The number of nitrogens with zero attached hydrogens (tertiary/aromatic N) is 1. The maximum atomic E-state index is 15.0. The van der Waals surface area contributed by atoms with E-state index in [0.29, 0.717) is 18.4 Å². The number of rotatable bonds is 31. The number of likely N-dealkylation sites (tertiary alicyclic amines) is 1. The lowest BCUT2D eigenvalue weighted by molar-refractivity contribution is -0.157. The second kappa shape index (κ2) is 43.3. The summed E-state index contributed by atoms with van der Waals surface area (Å²) in [5.41, 5.74) is 6.33. The summed E-state index contributed by atoms with van der Waals surface area (Å²) in [5.74, 6) is -15.9. The lowest BCUT2D eigenvalue weighted by atomic mass is 9.95. The van der Waals surface area contributed by atoms with Gasteiger partial charge in [-0.1, -0.05) is 164 Å². The van der Waals surface area contributed by atoms with Gasteiger partial charge in [-0.25, -0.2) is 4.79 Å². The standard InChI is InChI=1S/C74H118N14O16/c1-19-23-25-34-52(90)79-53(38(5)6)67(96)86-60(45(17)89)71(100)81-55(40(9)10)68(97)82-56(41(11)12)73(102)88-36-29-33-51(88)65(94)77-49(32-28-35-75)63(92)84-58(43(15)20-2)70(99)87-61-46(18)104-74(103)57(42(13)14)83-62(91)48(22-4)76-64(93)50(37-47-30-26-24-27-31-47)78-66(95)54(39(7)8)80-69(98)59(44(16)21-3)85-72(61)101/h19,22-27,30-31,34,38-46,49-51,53-61,89H,20-21,28-29,32-33,35-37,75H2,1-18H3,(H,76,93)(H,77,94)(H,78,95)(H,79,90)(H,80,98)(H,81,100)(H,82,97)(H,83,91)(H,84,92)(H,85,101)(H,86,96)(H,87,99)/b23-19+,34-25+,48-22-/t43-,44-,45-,46+,49+,50+,51-,53-,54-,55+,56-,57+,58-,59-,60+,61-/m1/s1. The second-order valence-corrected chi connectivity index (χ2v) is 28.7. The van der Waals surface area contributed by atoms with Crippen LogP contribution in [0.5, 0.6) is 0 Å². The van der Waals surface area contributed by atoms with Crippen molar-refractivity contribution < 1.29 is 77.0 Å². The van der Waals surface area contributed by atoms with Gasteiger partial charge in [-0.15, -0.1) is 0 Å². The van der Waals surface area contributed by atoms with Crippen LogP contribution in [0, 0.1) is 41.4 Å². The van der Waals surface area contributed by atoms with E-state index < -0.39 is 209 Å². The number of cyclic esters (lactones) is 1. The highest BCUT2D eigenvalue weighted by Gasteiger charge is 2.44. The van der Waals surface area contributed by atoms with Gasteiger partial charge < -0.3 is 84.3 Å². The zero-order valence-electron chi connectivity index (χ0n) is 63.9. The Balaban J connectivity index is 2.01. The highest BCUT2D eigenvalue weighted by atomic mass is 16.5. The van der Waals surface area contributed by atoms with Gasteiger partial charge in [0.15, 0.2) is 0 Å². The molecule has 0 spiro atoms. The Kier molecular flexibility index (Phi) is 37.1. The maximum absolute atomic E-state index is 15.0. The lowest BCUT2D eigenvalue weighted by Gasteiger charge is -2.33. The number of carbonyl (C=O) groups excluding carboxylic acids is 14. The average molecular weight is 1460 g/mol. The fourth-order valence-electron chi connectivity index (χ4n) is 11.7. The summed E-state index contributed by atoms with van der Waals surface area (Å²) >= 11 is 0. The molecular weight excluding hydrogens is 1340 g/mol. The molecule has 2 heterocycles. The monoisotopic (exact) mass is 1460 g/mol. The molecule has 0 aliphatic carbocycles. The second-order valence-electron chi connectivity index (χ2n) is 28.7. The van der Waals surface area contributed by atoms with Crippen LogP contribution in [-0.2, 0) is 78.3 Å². The molecular formula is C74H118N14O16. The van der Waals surface area contributed by atoms with Gasteiger partial charge in [-0.05, 0) is 107 Å². The molecule has 2 aliphatic heterocycles. The number of allylic oxidation sites excluding steroid dienone is 4. The molecule has 1 aromatic rings. The number of nitrogens with one attached hydrogen (secondary N) is 12.